The standard InChI is InChI=1S/C30H38O6/c1-6-8-12-18-33-28(31)35-26-22-14-10-11-15-23(22)27(36-29(32)34-19-13-9-7-2)25-20-21(30(3,4)5)16-17-24(25)26/h10-11,14-17,20H,6-9,12-13,18-19H2,1-5H3. The van der Waals surface area contributed by atoms with E-state index in [1.165, 1.54) is 0 Å². The summed E-state index contributed by atoms with van der Waals surface area (Å²) in [7, 11) is 0. The van der Waals surface area contributed by atoms with Crippen molar-refractivity contribution in [3.05, 3.63) is 48.0 Å². The zero-order chi connectivity index (χ0) is 26.1. The van der Waals surface area contributed by atoms with Crippen LogP contribution in [0.3, 0.4) is 0 Å². The molecule has 3 aromatic rings. The fourth-order valence-electron chi connectivity index (χ4n) is 4.03. The number of rotatable bonds is 10. The lowest BCUT2D eigenvalue weighted by atomic mass is 9.85. The summed E-state index contributed by atoms with van der Waals surface area (Å²) in [6.07, 6.45) is 4.11. The van der Waals surface area contributed by atoms with Gasteiger partial charge in [0.25, 0.3) is 0 Å². The van der Waals surface area contributed by atoms with Gasteiger partial charge in [0, 0.05) is 21.5 Å². The largest absolute Gasteiger partial charge is 0.513 e. The van der Waals surface area contributed by atoms with Crippen LogP contribution in [0, 0.1) is 0 Å². The molecule has 0 fully saturated rings. The Kier molecular flexibility index (Phi) is 9.57. The third kappa shape index (κ3) is 6.90. The van der Waals surface area contributed by atoms with Gasteiger partial charge in [-0.25, -0.2) is 9.59 Å². The van der Waals surface area contributed by atoms with E-state index in [1.54, 1.807) is 0 Å². The van der Waals surface area contributed by atoms with Crippen LogP contribution in [-0.2, 0) is 14.9 Å². The molecule has 0 atom stereocenters. The summed E-state index contributed by atoms with van der Waals surface area (Å²) in [5.41, 5.74) is 0.913. The molecule has 0 saturated carbocycles. The lowest BCUT2D eigenvalue weighted by Crippen LogP contribution is -2.15. The van der Waals surface area contributed by atoms with Crippen molar-refractivity contribution in [3.63, 3.8) is 0 Å². The second kappa shape index (κ2) is 12.6. The number of carbonyl (C=O) groups is 2. The average Bonchev–Trinajstić information content (AvgIpc) is 2.85. The maximum Gasteiger partial charge on any atom is 0.513 e. The van der Waals surface area contributed by atoms with E-state index in [-0.39, 0.29) is 5.41 Å². The van der Waals surface area contributed by atoms with Gasteiger partial charge in [-0.1, -0.05) is 96.7 Å². The zero-order valence-electron chi connectivity index (χ0n) is 22.1. The van der Waals surface area contributed by atoms with Gasteiger partial charge in [-0.05, 0) is 29.9 Å². The van der Waals surface area contributed by atoms with Crippen molar-refractivity contribution >= 4 is 33.9 Å². The van der Waals surface area contributed by atoms with Crippen LogP contribution in [0.2, 0.25) is 0 Å². The second-order valence-corrected chi connectivity index (χ2v) is 10.0. The van der Waals surface area contributed by atoms with E-state index >= 15 is 0 Å². The molecule has 0 unspecified atom stereocenters. The third-order valence-electron chi connectivity index (χ3n) is 6.10. The van der Waals surface area contributed by atoms with E-state index in [1.807, 2.05) is 42.5 Å². The topological polar surface area (TPSA) is 71.1 Å². The van der Waals surface area contributed by atoms with Crippen molar-refractivity contribution in [2.45, 2.75) is 78.6 Å². The molecule has 6 heteroatoms. The maximum atomic E-state index is 12.6. The Hall–Kier alpha value is -3.28. The SMILES string of the molecule is CCCCCOC(=O)Oc1c2ccccc2c(OC(=O)OCCCCC)c2cc(C(C)(C)C)ccc12. The van der Waals surface area contributed by atoms with Crippen LogP contribution in [0.25, 0.3) is 21.5 Å². The Bertz CT molecular complexity index is 1190. The Morgan fingerprint density at radius 3 is 1.61 bits per heavy atom. The Balaban J connectivity index is 2.07. The van der Waals surface area contributed by atoms with Crippen LogP contribution in [0.4, 0.5) is 9.59 Å². The monoisotopic (exact) mass is 494 g/mol. The second-order valence-electron chi connectivity index (χ2n) is 10.0. The number of unbranched alkanes of at least 4 members (excludes halogenated alkanes) is 4. The molecule has 0 aliphatic carbocycles. The molecule has 3 aromatic carbocycles. The summed E-state index contributed by atoms with van der Waals surface area (Å²) >= 11 is 0. The van der Waals surface area contributed by atoms with Gasteiger partial charge in [-0.15, -0.1) is 0 Å². The smallest absolute Gasteiger partial charge is 0.434 e. The van der Waals surface area contributed by atoms with E-state index in [2.05, 4.69) is 34.6 Å². The molecule has 0 spiro atoms. The fraction of sp³-hybridized carbons (Fsp3) is 0.467. The predicted octanol–water partition coefficient (Wildman–Crippen LogP) is 8.70. The highest BCUT2D eigenvalue weighted by Gasteiger charge is 2.23. The van der Waals surface area contributed by atoms with Gasteiger partial charge in [0.1, 0.15) is 11.5 Å². The molecular formula is C30H38O6. The Labute approximate surface area is 213 Å². The lowest BCUT2D eigenvalue weighted by molar-refractivity contribution is 0.0966. The first-order valence-corrected chi connectivity index (χ1v) is 12.9. The van der Waals surface area contributed by atoms with Gasteiger partial charge in [0.15, 0.2) is 0 Å². The predicted molar refractivity (Wildman–Crippen MR) is 143 cm³/mol. The Morgan fingerprint density at radius 2 is 1.14 bits per heavy atom. The molecule has 0 aliphatic rings. The molecule has 0 amide bonds. The number of hydrogen-bond acceptors (Lipinski definition) is 6. The normalized spacial score (nSPS) is 11.5. The highest BCUT2D eigenvalue weighted by atomic mass is 16.7. The number of ether oxygens (including phenoxy) is 4. The molecule has 0 radical (unpaired) electrons. The van der Waals surface area contributed by atoms with Crippen LogP contribution in [0.1, 0.15) is 78.7 Å². The highest BCUT2D eigenvalue weighted by molar-refractivity contribution is 6.12. The van der Waals surface area contributed by atoms with Crippen LogP contribution in [0.5, 0.6) is 11.5 Å². The maximum absolute atomic E-state index is 12.6. The van der Waals surface area contributed by atoms with Gasteiger partial charge < -0.3 is 18.9 Å². The molecule has 194 valence electrons. The summed E-state index contributed by atoms with van der Waals surface area (Å²) in [4.78, 5) is 25.2. The molecule has 0 heterocycles. The van der Waals surface area contributed by atoms with Crippen LogP contribution in [-0.4, -0.2) is 25.5 Å². The highest BCUT2D eigenvalue weighted by Crippen LogP contribution is 2.44. The quantitative estimate of drug-likeness (QED) is 0.121. The number of carbonyl (C=O) groups excluding carboxylic acids is 2. The molecule has 0 saturated heterocycles. The van der Waals surface area contributed by atoms with E-state index in [4.69, 9.17) is 18.9 Å². The number of fused-ring (bicyclic) bond motifs is 2. The number of hydrogen-bond donors (Lipinski definition) is 0. The molecule has 0 bridgehead atoms. The minimum atomic E-state index is -0.749. The molecule has 0 aliphatic heterocycles. The summed E-state index contributed by atoms with van der Waals surface area (Å²) < 4.78 is 22.2. The lowest BCUT2D eigenvalue weighted by Gasteiger charge is -2.22. The minimum absolute atomic E-state index is 0.142. The van der Waals surface area contributed by atoms with Crippen LogP contribution >= 0.6 is 0 Å². The van der Waals surface area contributed by atoms with Crippen molar-refractivity contribution in [2.75, 3.05) is 13.2 Å². The minimum Gasteiger partial charge on any atom is -0.434 e. The van der Waals surface area contributed by atoms with Crippen LogP contribution < -0.4 is 9.47 Å². The third-order valence-corrected chi connectivity index (χ3v) is 6.10. The van der Waals surface area contributed by atoms with Gasteiger partial charge >= 0.3 is 12.3 Å². The van der Waals surface area contributed by atoms with Crippen LogP contribution in [0.15, 0.2) is 42.5 Å². The summed E-state index contributed by atoms with van der Waals surface area (Å²) in [5.74, 6) is 0.765. The van der Waals surface area contributed by atoms with Crippen molar-refractivity contribution in [2.24, 2.45) is 0 Å². The van der Waals surface area contributed by atoms with E-state index < -0.39 is 12.3 Å². The van der Waals surface area contributed by atoms with E-state index in [0.717, 1.165) is 44.1 Å². The summed E-state index contributed by atoms with van der Waals surface area (Å²) in [6.45, 7) is 11.1. The summed E-state index contributed by atoms with van der Waals surface area (Å²) in [5, 5.41) is 2.62. The van der Waals surface area contributed by atoms with Gasteiger partial charge in [0.2, 0.25) is 0 Å². The first-order chi connectivity index (χ1) is 17.3. The van der Waals surface area contributed by atoms with Gasteiger partial charge in [-0.3, -0.25) is 0 Å². The van der Waals surface area contributed by atoms with Gasteiger partial charge in [0.05, 0.1) is 13.2 Å². The molecule has 6 nitrogen and oxygen atoms in total. The van der Waals surface area contributed by atoms with E-state index in [0.29, 0.717) is 46.3 Å². The van der Waals surface area contributed by atoms with Gasteiger partial charge in [-0.2, -0.15) is 0 Å². The summed E-state index contributed by atoms with van der Waals surface area (Å²) in [6, 6.07) is 13.3. The van der Waals surface area contributed by atoms with Crippen molar-refractivity contribution in [1.29, 1.82) is 0 Å². The molecule has 0 aromatic heterocycles. The first kappa shape index (κ1) is 27.3. The average molecular weight is 495 g/mol. The zero-order valence-corrected chi connectivity index (χ0v) is 22.1. The van der Waals surface area contributed by atoms with Crippen molar-refractivity contribution in [1.82, 2.24) is 0 Å². The van der Waals surface area contributed by atoms with Crippen molar-refractivity contribution in [3.8, 4) is 11.5 Å². The fourth-order valence-corrected chi connectivity index (χ4v) is 4.03. The first-order valence-electron chi connectivity index (χ1n) is 12.9. The van der Waals surface area contributed by atoms with Crippen molar-refractivity contribution < 1.29 is 28.5 Å². The molecular weight excluding hydrogens is 456 g/mol. The Morgan fingerprint density at radius 1 is 0.667 bits per heavy atom. The molecule has 0 N–H and O–H groups in total. The molecule has 3 rings (SSSR count). The number of benzene rings is 3. The van der Waals surface area contributed by atoms with E-state index in [9.17, 15) is 9.59 Å². The molecule has 36 heavy (non-hydrogen) atoms.